The van der Waals surface area contributed by atoms with Crippen molar-refractivity contribution in [1.29, 1.82) is 0 Å². The SMILES string of the molecule is CC([NH])NS(C)(=O)=O. The third-order valence-electron chi connectivity index (χ3n) is 0.391. The third-order valence-corrected chi connectivity index (χ3v) is 1.17. The van der Waals surface area contributed by atoms with Gasteiger partial charge in [-0.25, -0.2) is 14.2 Å². The molecule has 1 unspecified atom stereocenters. The minimum atomic E-state index is -3.16. The monoisotopic (exact) mass is 137 g/mol. The Morgan fingerprint density at radius 1 is 1.62 bits per heavy atom. The molecule has 0 bridgehead atoms. The van der Waals surface area contributed by atoms with E-state index in [1.807, 2.05) is 4.72 Å². The molecule has 0 aromatic carbocycles. The molecule has 8 heavy (non-hydrogen) atoms. The summed E-state index contributed by atoms with van der Waals surface area (Å²) < 4.78 is 22.4. The molecule has 4 nitrogen and oxygen atoms in total. The molecule has 0 heterocycles. The Morgan fingerprint density at radius 2 is 2.00 bits per heavy atom. The first-order valence-corrected chi connectivity index (χ1v) is 3.99. The van der Waals surface area contributed by atoms with Gasteiger partial charge >= 0.3 is 0 Å². The van der Waals surface area contributed by atoms with Gasteiger partial charge in [-0.05, 0) is 6.92 Å². The quantitative estimate of drug-likeness (QED) is 0.539. The largest absolute Gasteiger partial charge is 0.239 e. The molecular weight excluding hydrogens is 128 g/mol. The van der Waals surface area contributed by atoms with Gasteiger partial charge in [-0.1, -0.05) is 0 Å². The van der Waals surface area contributed by atoms with Gasteiger partial charge in [-0.3, -0.25) is 0 Å². The highest BCUT2D eigenvalue weighted by Gasteiger charge is 2.01. The van der Waals surface area contributed by atoms with Crippen LogP contribution in [0.25, 0.3) is 0 Å². The van der Waals surface area contributed by atoms with E-state index in [0.717, 1.165) is 6.26 Å². The van der Waals surface area contributed by atoms with Crippen LogP contribution in [0.5, 0.6) is 0 Å². The van der Waals surface area contributed by atoms with E-state index in [9.17, 15) is 8.42 Å². The van der Waals surface area contributed by atoms with E-state index in [2.05, 4.69) is 0 Å². The van der Waals surface area contributed by atoms with E-state index >= 15 is 0 Å². The highest BCUT2D eigenvalue weighted by Crippen LogP contribution is 1.75. The van der Waals surface area contributed by atoms with Gasteiger partial charge in [0.25, 0.3) is 0 Å². The van der Waals surface area contributed by atoms with Crippen LogP contribution < -0.4 is 10.5 Å². The van der Waals surface area contributed by atoms with Crippen molar-refractivity contribution in [1.82, 2.24) is 10.5 Å². The predicted molar refractivity (Wildman–Crippen MR) is 30.5 cm³/mol. The summed E-state index contributed by atoms with van der Waals surface area (Å²) in [4.78, 5) is 0. The minimum absolute atomic E-state index is 0.745. The van der Waals surface area contributed by atoms with Gasteiger partial charge in [-0.15, -0.1) is 0 Å². The lowest BCUT2D eigenvalue weighted by Crippen LogP contribution is -2.32. The van der Waals surface area contributed by atoms with Gasteiger partial charge in [-0.2, -0.15) is 4.72 Å². The minimum Gasteiger partial charge on any atom is -0.239 e. The first kappa shape index (κ1) is 7.87. The zero-order valence-electron chi connectivity index (χ0n) is 4.80. The van der Waals surface area contributed by atoms with E-state index in [1.54, 1.807) is 0 Å². The van der Waals surface area contributed by atoms with Gasteiger partial charge in [0, 0.05) is 0 Å². The van der Waals surface area contributed by atoms with Crippen molar-refractivity contribution >= 4 is 10.0 Å². The van der Waals surface area contributed by atoms with Crippen LogP contribution in [0.1, 0.15) is 6.92 Å². The summed E-state index contributed by atoms with van der Waals surface area (Å²) in [5.41, 5.74) is 6.74. The molecule has 0 aromatic heterocycles. The summed E-state index contributed by atoms with van der Waals surface area (Å²) in [6.07, 6.45) is 0.280. The van der Waals surface area contributed by atoms with E-state index in [-0.39, 0.29) is 0 Å². The second-order valence-corrected chi connectivity index (χ2v) is 3.39. The molecule has 0 rings (SSSR count). The van der Waals surface area contributed by atoms with Crippen LogP contribution in [0, 0.1) is 0 Å². The lowest BCUT2D eigenvalue weighted by Gasteiger charge is -2.01. The lowest BCUT2D eigenvalue weighted by molar-refractivity contribution is 0.568. The van der Waals surface area contributed by atoms with Crippen molar-refractivity contribution in [2.24, 2.45) is 0 Å². The Labute approximate surface area is 49.1 Å². The van der Waals surface area contributed by atoms with Crippen LogP contribution in [-0.4, -0.2) is 20.8 Å². The average molecular weight is 137 g/mol. The molecule has 1 radical (unpaired) electrons. The summed E-state index contributed by atoms with van der Waals surface area (Å²) >= 11 is 0. The molecular formula is C3H9N2O2S. The number of nitrogens with one attached hydrogen (secondary N) is 2. The highest BCUT2D eigenvalue weighted by atomic mass is 32.2. The van der Waals surface area contributed by atoms with Crippen LogP contribution in [0.15, 0.2) is 0 Å². The fraction of sp³-hybridized carbons (Fsp3) is 1.00. The summed E-state index contributed by atoms with van der Waals surface area (Å²) in [5, 5.41) is 0. The Morgan fingerprint density at radius 3 is 2.00 bits per heavy atom. The molecule has 0 aromatic rings. The van der Waals surface area contributed by atoms with Gasteiger partial charge in [0.1, 0.15) is 0 Å². The number of hydrogen-bond acceptors (Lipinski definition) is 2. The first-order valence-electron chi connectivity index (χ1n) is 2.10. The van der Waals surface area contributed by atoms with Crippen molar-refractivity contribution < 1.29 is 8.42 Å². The fourth-order valence-electron chi connectivity index (χ4n) is 0.321. The maximum absolute atomic E-state index is 10.2. The van der Waals surface area contributed by atoms with E-state index in [4.69, 9.17) is 5.73 Å². The van der Waals surface area contributed by atoms with Crippen molar-refractivity contribution in [2.75, 3.05) is 6.26 Å². The summed E-state index contributed by atoms with van der Waals surface area (Å²) in [6, 6.07) is 0. The number of sulfonamides is 1. The van der Waals surface area contributed by atoms with E-state index in [0.29, 0.717) is 0 Å². The summed E-state index contributed by atoms with van der Waals surface area (Å²) in [7, 11) is -3.16. The predicted octanol–water partition coefficient (Wildman–Crippen LogP) is -0.836. The zero-order valence-corrected chi connectivity index (χ0v) is 5.62. The van der Waals surface area contributed by atoms with Crippen molar-refractivity contribution in [3.05, 3.63) is 0 Å². The van der Waals surface area contributed by atoms with Gasteiger partial charge in [0.05, 0.1) is 12.4 Å². The topological polar surface area (TPSA) is 70.0 Å². The Hall–Kier alpha value is -0.130. The Balaban J connectivity index is 3.75. The third kappa shape index (κ3) is 5.87. The van der Waals surface area contributed by atoms with Gasteiger partial charge in [0.15, 0.2) is 0 Å². The maximum atomic E-state index is 10.2. The molecule has 0 fully saturated rings. The molecule has 0 amide bonds. The van der Waals surface area contributed by atoms with Crippen LogP contribution in [-0.2, 0) is 10.0 Å². The van der Waals surface area contributed by atoms with E-state index < -0.39 is 16.2 Å². The molecule has 0 saturated heterocycles. The van der Waals surface area contributed by atoms with Crippen LogP contribution in [0.3, 0.4) is 0 Å². The molecule has 0 aliphatic rings. The Kier molecular flexibility index (Phi) is 2.39. The van der Waals surface area contributed by atoms with E-state index in [1.165, 1.54) is 6.92 Å². The molecule has 1 atom stereocenters. The number of hydrogen-bond donors (Lipinski definition) is 1. The molecule has 0 spiro atoms. The Bertz CT molecular complexity index is 149. The smallest absolute Gasteiger partial charge is 0.210 e. The molecule has 2 N–H and O–H groups in total. The molecule has 0 aliphatic carbocycles. The maximum Gasteiger partial charge on any atom is 0.210 e. The van der Waals surface area contributed by atoms with Gasteiger partial charge in [0.2, 0.25) is 10.0 Å². The summed E-state index contributed by atoms with van der Waals surface area (Å²) in [6.45, 7) is 1.45. The molecule has 0 aliphatic heterocycles. The lowest BCUT2D eigenvalue weighted by atomic mass is 10.7. The van der Waals surface area contributed by atoms with Crippen LogP contribution in [0.4, 0.5) is 0 Å². The van der Waals surface area contributed by atoms with Crippen LogP contribution in [0.2, 0.25) is 0 Å². The average Bonchev–Trinajstić information content (AvgIpc) is 1.21. The summed E-state index contributed by atoms with van der Waals surface area (Å²) in [5.74, 6) is 0. The van der Waals surface area contributed by atoms with Crippen molar-refractivity contribution in [2.45, 2.75) is 13.1 Å². The fourth-order valence-corrected chi connectivity index (χ4v) is 0.963. The van der Waals surface area contributed by atoms with Crippen LogP contribution >= 0.6 is 0 Å². The molecule has 49 valence electrons. The van der Waals surface area contributed by atoms with Crippen molar-refractivity contribution in [3.8, 4) is 0 Å². The standard InChI is InChI=1S/C3H9N2O2S/c1-3(4)5-8(2,6)7/h3-5H,1-2H3. The normalized spacial score (nSPS) is 15.9. The van der Waals surface area contributed by atoms with Crippen molar-refractivity contribution in [3.63, 3.8) is 0 Å². The number of rotatable bonds is 2. The molecule has 5 heteroatoms. The first-order chi connectivity index (χ1) is 3.42. The molecule has 0 saturated carbocycles. The highest BCUT2D eigenvalue weighted by molar-refractivity contribution is 7.88. The second-order valence-electron chi connectivity index (χ2n) is 1.61. The zero-order chi connectivity index (χ0) is 6.78. The van der Waals surface area contributed by atoms with Gasteiger partial charge < -0.3 is 0 Å². The second kappa shape index (κ2) is 2.43.